The first kappa shape index (κ1) is 10.6. The Morgan fingerprint density at radius 3 is 2.07 bits per heavy atom. The van der Waals surface area contributed by atoms with Crippen molar-refractivity contribution >= 4 is 11.8 Å². The molecule has 0 aliphatic carbocycles. The minimum atomic E-state index is 0.597. The van der Waals surface area contributed by atoms with Crippen LogP contribution in [0.4, 0.5) is 0 Å². The summed E-state index contributed by atoms with van der Waals surface area (Å²) in [7, 11) is 0. The van der Waals surface area contributed by atoms with E-state index in [1.807, 2.05) is 19.1 Å². The Balaban J connectivity index is 3.28. The minimum Gasteiger partial charge on any atom is -0.192 e. The maximum absolute atomic E-state index is 8.86. The van der Waals surface area contributed by atoms with Gasteiger partial charge >= 0.3 is 0 Å². The average Bonchev–Trinajstić information content (AvgIpc) is 2.20. The molecule has 0 saturated heterocycles. The number of nitrogens with zero attached hydrogens (tertiary/aromatic N) is 2. The third-order valence-corrected chi connectivity index (χ3v) is 2.79. The van der Waals surface area contributed by atoms with Gasteiger partial charge in [-0.3, -0.25) is 0 Å². The normalized spacial score (nSPS) is 9.14. The van der Waals surface area contributed by atoms with E-state index in [1.165, 1.54) is 0 Å². The SMILES string of the molecule is CCSc1cc(C#N)c(C)c(C#N)c1. The van der Waals surface area contributed by atoms with Gasteiger partial charge in [-0.25, -0.2) is 0 Å². The molecule has 1 aromatic rings. The summed E-state index contributed by atoms with van der Waals surface area (Å²) < 4.78 is 0. The molecular weight excluding hydrogens is 192 g/mol. The van der Waals surface area contributed by atoms with Crippen molar-refractivity contribution < 1.29 is 0 Å². The average molecular weight is 202 g/mol. The second kappa shape index (κ2) is 4.69. The van der Waals surface area contributed by atoms with Gasteiger partial charge in [0.1, 0.15) is 0 Å². The van der Waals surface area contributed by atoms with Crippen LogP contribution in [0.2, 0.25) is 0 Å². The Hall–Kier alpha value is -1.45. The van der Waals surface area contributed by atoms with E-state index in [0.29, 0.717) is 11.1 Å². The molecule has 0 aliphatic heterocycles. The van der Waals surface area contributed by atoms with Crippen molar-refractivity contribution in [3.05, 3.63) is 28.8 Å². The van der Waals surface area contributed by atoms with Gasteiger partial charge in [-0.2, -0.15) is 10.5 Å². The fraction of sp³-hybridized carbons (Fsp3) is 0.273. The highest BCUT2D eigenvalue weighted by molar-refractivity contribution is 7.99. The lowest BCUT2D eigenvalue weighted by atomic mass is 10.0. The van der Waals surface area contributed by atoms with Crippen molar-refractivity contribution in [3.63, 3.8) is 0 Å². The number of benzene rings is 1. The van der Waals surface area contributed by atoms with Crippen LogP contribution in [0.1, 0.15) is 23.6 Å². The molecule has 1 rings (SSSR count). The zero-order chi connectivity index (χ0) is 10.6. The molecule has 0 fully saturated rings. The number of thioether (sulfide) groups is 1. The lowest BCUT2D eigenvalue weighted by Crippen LogP contribution is -1.89. The molecule has 0 aromatic heterocycles. The van der Waals surface area contributed by atoms with Gasteiger partial charge in [0.15, 0.2) is 0 Å². The molecule has 0 bridgehead atoms. The van der Waals surface area contributed by atoms with Crippen molar-refractivity contribution in [1.82, 2.24) is 0 Å². The van der Waals surface area contributed by atoms with Crippen LogP contribution in [-0.4, -0.2) is 5.75 Å². The number of nitriles is 2. The predicted octanol–water partition coefficient (Wildman–Crippen LogP) is 2.85. The first-order valence-corrected chi connectivity index (χ1v) is 5.29. The second-order valence-electron chi connectivity index (χ2n) is 2.80. The summed E-state index contributed by atoms with van der Waals surface area (Å²) in [6, 6.07) is 7.88. The largest absolute Gasteiger partial charge is 0.192 e. The van der Waals surface area contributed by atoms with Gasteiger partial charge in [0.2, 0.25) is 0 Å². The van der Waals surface area contributed by atoms with E-state index < -0.39 is 0 Å². The van der Waals surface area contributed by atoms with E-state index in [0.717, 1.165) is 16.2 Å². The fourth-order valence-corrected chi connectivity index (χ4v) is 1.91. The topological polar surface area (TPSA) is 47.6 Å². The summed E-state index contributed by atoms with van der Waals surface area (Å²) in [5.41, 5.74) is 1.97. The second-order valence-corrected chi connectivity index (χ2v) is 4.14. The molecular formula is C11H10N2S. The molecule has 14 heavy (non-hydrogen) atoms. The van der Waals surface area contributed by atoms with Gasteiger partial charge in [0.05, 0.1) is 23.3 Å². The van der Waals surface area contributed by atoms with Crippen molar-refractivity contribution in [3.8, 4) is 12.1 Å². The van der Waals surface area contributed by atoms with E-state index in [9.17, 15) is 0 Å². The Morgan fingerprint density at radius 2 is 1.71 bits per heavy atom. The summed E-state index contributed by atoms with van der Waals surface area (Å²) in [5.74, 6) is 0.943. The van der Waals surface area contributed by atoms with E-state index in [2.05, 4.69) is 12.1 Å². The molecule has 0 atom stereocenters. The van der Waals surface area contributed by atoms with Crippen molar-refractivity contribution in [1.29, 1.82) is 10.5 Å². The Labute approximate surface area is 88.2 Å². The molecule has 0 unspecified atom stereocenters. The number of hydrogen-bond donors (Lipinski definition) is 0. The molecule has 0 heterocycles. The van der Waals surface area contributed by atoms with E-state index >= 15 is 0 Å². The van der Waals surface area contributed by atoms with Crippen molar-refractivity contribution in [2.75, 3.05) is 5.75 Å². The van der Waals surface area contributed by atoms with E-state index in [4.69, 9.17) is 10.5 Å². The molecule has 70 valence electrons. The van der Waals surface area contributed by atoms with Gasteiger partial charge < -0.3 is 0 Å². The zero-order valence-corrected chi connectivity index (χ0v) is 8.98. The summed E-state index contributed by atoms with van der Waals surface area (Å²) in [6.07, 6.45) is 0. The van der Waals surface area contributed by atoms with Crippen LogP contribution in [0.25, 0.3) is 0 Å². The molecule has 0 spiro atoms. The Bertz CT molecular complexity index is 389. The number of rotatable bonds is 2. The van der Waals surface area contributed by atoms with Crippen LogP contribution in [0.5, 0.6) is 0 Å². The third kappa shape index (κ3) is 2.07. The molecule has 0 saturated carbocycles. The maximum atomic E-state index is 8.86. The van der Waals surface area contributed by atoms with Crippen LogP contribution < -0.4 is 0 Å². The standard InChI is InChI=1S/C11H10N2S/c1-3-14-11-4-9(6-12)8(2)10(5-11)7-13/h4-5H,3H2,1-2H3. The smallest absolute Gasteiger partial charge is 0.0995 e. The Kier molecular flexibility index (Phi) is 3.56. The highest BCUT2D eigenvalue weighted by Crippen LogP contribution is 2.23. The van der Waals surface area contributed by atoms with Gasteiger partial charge in [-0.1, -0.05) is 6.92 Å². The van der Waals surface area contributed by atoms with Crippen LogP contribution in [0, 0.1) is 29.6 Å². The van der Waals surface area contributed by atoms with Gasteiger partial charge in [-0.15, -0.1) is 11.8 Å². The van der Waals surface area contributed by atoms with E-state index in [1.54, 1.807) is 18.7 Å². The van der Waals surface area contributed by atoms with Crippen molar-refractivity contribution in [2.45, 2.75) is 18.7 Å². The molecule has 3 heteroatoms. The quantitative estimate of drug-likeness (QED) is 0.693. The van der Waals surface area contributed by atoms with Crippen molar-refractivity contribution in [2.24, 2.45) is 0 Å². The Morgan fingerprint density at radius 1 is 1.21 bits per heavy atom. The summed E-state index contributed by atoms with van der Waals surface area (Å²) in [5, 5.41) is 17.7. The molecule has 0 aliphatic rings. The van der Waals surface area contributed by atoms with Crippen LogP contribution in [0.3, 0.4) is 0 Å². The van der Waals surface area contributed by atoms with Crippen LogP contribution in [0.15, 0.2) is 17.0 Å². The lowest BCUT2D eigenvalue weighted by molar-refractivity contribution is 1.29. The van der Waals surface area contributed by atoms with Gasteiger partial charge in [0, 0.05) is 4.90 Å². The van der Waals surface area contributed by atoms with Crippen LogP contribution in [-0.2, 0) is 0 Å². The molecule has 0 radical (unpaired) electrons. The monoisotopic (exact) mass is 202 g/mol. The van der Waals surface area contributed by atoms with Gasteiger partial charge in [0.25, 0.3) is 0 Å². The molecule has 0 amide bonds. The molecule has 1 aromatic carbocycles. The number of hydrogen-bond acceptors (Lipinski definition) is 3. The fourth-order valence-electron chi connectivity index (χ4n) is 1.17. The first-order chi connectivity index (χ1) is 6.72. The van der Waals surface area contributed by atoms with Gasteiger partial charge in [-0.05, 0) is 30.4 Å². The maximum Gasteiger partial charge on any atom is 0.0995 e. The predicted molar refractivity (Wildman–Crippen MR) is 57.0 cm³/mol. The highest BCUT2D eigenvalue weighted by atomic mass is 32.2. The third-order valence-electron chi connectivity index (χ3n) is 1.93. The van der Waals surface area contributed by atoms with Crippen LogP contribution >= 0.6 is 11.8 Å². The minimum absolute atomic E-state index is 0.597. The summed E-state index contributed by atoms with van der Waals surface area (Å²) in [6.45, 7) is 3.85. The molecule has 0 N–H and O–H groups in total. The zero-order valence-electron chi connectivity index (χ0n) is 8.16. The van der Waals surface area contributed by atoms with E-state index in [-0.39, 0.29) is 0 Å². The summed E-state index contributed by atoms with van der Waals surface area (Å²) >= 11 is 1.64. The first-order valence-electron chi connectivity index (χ1n) is 4.30. The summed E-state index contributed by atoms with van der Waals surface area (Å²) in [4.78, 5) is 0.992. The highest BCUT2D eigenvalue weighted by Gasteiger charge is 2.06. The molecule has 2 nitrogen and oxygen atoms in total. The lowest BCUT2D eigenvalue weighted by Gasteiger charge is -2.04.